The van der Waals surface area contributed by atoms with Crippen molar-refractivity contribution < 1.29 is 14.3 Å². The SMILES string of the molecule is COC(=O)Nc1cn(CC(=O)N2c3ccccc3CC2C)nn1. The van der Waals surface area contributed by atoms with Crippen molar-refractivity contribution in [1.29, 1.82) is 0 Å². The number of nitrogens with zero attached hydrogens (tertiary/aromatic N) is 4. The summed E-state index contributed by atoms with van der Waals surface area (Å²) in [5.41, 5.74) is 2.11. The molecule has 8 nitrogen and oxygen atoms in total. The molecule has 1 unspecified atom stereocenters. The third-order valence-corrected chi connectivity index (χ3v) is 3.73. The number of ether oxygens (including phenoxy) is 1. The van der Waals surface area contributed by atoms with E-state index in [2.05, 4.69) is 20.4 Å². The molecule has 2 aromatic rings. The van der Waals surface area contributed by atoms with E-state index in [-0.39, 0.29) is 24.3 Å². The van der Waals surface area contributed by atoms with Crippen molar-refractivity contribution in [3.05, 3.63) is 36.0 Å². The van der Waals surface area contributed by atoms with Crippen LogP contribution in [0.2, 0.25) is 0 Å². The maximum atomic E-state index is 12.6. The van der Waals surface area contributed by atoms with Crippen molar-refractivity contribution in [2.75, 3.05) is 17.3 Å². The Morgan fingerprint density at radius 1 is 1.39 bits per heavy atom. The molecule has 0 radical (unpaired) electrons. The first kappa shape index (κ1) is 15.0. The number of nitrogens with one attached hydrogen (secondary N) is 1. The predicted octanol–water partition coefficient (Wildman–Crippen LogP) is 1.43. The van der Waals surface area contributed by atoms with Crippen LogP contribution in [0.15, 0.2) is 30.5 Å². The van der Waals surface area contributed by atoms with Crippen molar-refractivity contribution in [1.82, 2.24) is 15.0 Å². The van der Waals surface area contributed by atoms with E-state index in [1.54, 1.807) is 4.90 Å². The van der Waals surface area contributed by atoms with E-state index >= 15 is 0 Å². The molecule has 2 amide bonds. The molecule has 0 fully saturated rings. The summed E-state index contributed by atoms with van der Waals surface area (Å²) in [5.74, 6) is 0.163. The Labute approximate surface area is 133 Å². The maximum absolute atomic E-state index is 12.6. The number of carbonyl (C=O) groups is 2. The minimum absolute atomic E-state index is 0.0501. The predicted molar refractivity (Wildman–Crippen MR) is 83.1 cm³/mol. The van der Waals surface area contributed by atoms with E-state index < -0.39 is 6.09 Å². The van der Waals surface area contributed by atoms with Crippen molar-refractivity contribution in [3.63, 3.8) is 0 Å². The fourth-order valence-corrected chi connectivity index (χ4v) is 2.75. The fourth-order valence-electron chi connectivity index (χ4n) is 2.75. The smallest absolute Gasteiger partial charge is 0.412 e. The Morgan fingerprint density at radius 3 is 2.96 bits per heavy atom. The number of aromatic nitrogens is 3. The van der Waals surface area contributed by atoms with Gasteiger partial charge in [-0.05, 0) is 25.0 Å². The van der Waals surface area contributed by atoms with Crippen molar-refractivity contribution >= 4 is 23.5 Å². The maximum Gasteiger partial charge on any atom is 0.412 e. The first-order valence-corrected chi connectivity index (χ1v) is 7.23. The van der Waals surface area contributed by atoms with Crippen LogP contribution in [-0.4, -0.2) is 40.1 Å². The van der Waals surface area contributed by atoms with Gasteiger partial charge in [0.05, 0.1) is 13.3 Å². The molecule has 1 aromatic heterocycles. The molecule has 1 atom stereocenters. The van der Waals surface area contributed by atoms with Gasteiger partial charge in [0.2, 0.25) is 5.91 Å². The van der Waals surface area contributed by atoms with Crippen molar-refractivity contribution in [2.24, 2.45) is 0 Å². The molecule has 120 valence electrons. The van der Waals surface area contributed by atoms with E-state index in [1.807, 2.05) is 31.2 Å². The number of amides is 2. The zero-order chi connectivity index (χ0) is 16.4. The molecule has 1 aromatic carbocycles. The number of rotatable bonds is 3. The average molecular weight is 315 g/mol. The minimum Gasteiger partial charge on any atom is -0.453 e. The first-order chi connectivity index (χ1) is 11.1. The van der Waals surface area contributed by atoms with Crippen LogP contribution in [0.5, 0.6) is 0 Å². The second kappa shape index (κ2) is 6.07. The van der Waals surface area contributed by atoms with E-state index in [0.717, 1.165) is 12.1 Å². The summed E-state index contributed by atoms with van der Waals surface area (Å²) in [5, 5.41) is 10.0. The number of fused-ring (bicyclic) bond motifs is 1. The summed E-state index contributed by atoms with van der Waals surface area (Å²) in [4.78, 5) is 25.5. The van der Waals surface area contributed by atoms with Gasteiger partial charge in [0.1, 0.15) is 6.54 Å². The highest BCUT2D eigenvalue weighted by Gasteiger charge is 2.30. The van der Waals surface area contributed by atoms with Gasteiger partial charge in [-0.1, -0.05) is 23.4 Å². The lowest BCUT2D eigenvalue weighted by molar-refractivity contribution is -0.119. The number of methoxy groups -OCH3 is 1. The highest BCUT2D eigenvalue weighted by Crippen LogP contribution is 2.31. The molecule has 1 aliphatic heterocycles. The standard InChI is InChI=1S/C15H17N5O3/c1-10-7-11-5-3-4-6-12(11)20(10)14(21)9-19-8-13(17-18-19)16-15(22)23-2/h3-6,8,10H,7,9H2,1-2H3,(H,16,22). The molecule has 0 saturated heterocycles. The third kappa shape index (κ3) is 3.01. The molecule has 1 aliphatic rings. The number of hydrogen-bond donors (Lipinski definition) is 1. The van der Waals surface area contributed by atoms with Crippen LogP contribution < -0.4 is 10.2 Å². The second-order valence-corrected chi connectivity index (χ2v) is 5.36. The van der Waals surface area contributed by atoms with Crippen LogP contribution in [0.4, 0.5) is 16.3 Å². The molecule has 0 spiro atoms. The van der Waals surface area contributed by atoms with Crippen LogP contribution in [0.25, 0.3) is 0 Å². The van der Waals surface area contributed by atoms with E-state index in [4.69, 9.17) is 0 Å². The molecule has 23 heavy (non-hydrogen) atoms. The van der Waals surface area contributed by atoms with E-state index in [1.165, 1.54) is 23.6 Å². The average Bonchev–Trinajstić information content (AvgIpc) is 3.09. The van der Waals surface area contributed by atoms with Gasteiger partial charge in [0.25, 0.3) is 0 Å². The van der Waals surface area contributed by atoms with Crippen molar-refractivity contribution in [2.45, 2.75) is 25.9 Å². The number of anilines is 2. The van der Waals surface area contributed by atoms with Gasteiger partial charge in [-0.2, -0.15) is 0 Å². The largest absolute Gasteiger partial charge is 0.453 e. The second-order valence-electron chi connectivity index (χ2n) is 5.36. The molecule has 0 aliphatic carbocycles. The summed E-state index contributed by atoms with van der Waals surface area (Å²) in [6.07, 6.45) is 1.70. The van der Waals surface area contributed by atoms with Gasteiger partial charge in [0.15, 0.2) is 5.82 Å². The van der Waals surface area contributed by atoms with E-state index in [0.29, 0.717) is 0 Å². The third-order valence-electron chi connectivity index (χ3n) is 3.73. The van der Waals surface area contributed by atoms with Gasteiger partial charge < -0.3 is 9.64 Å². The van der Waals surface area contributed by atoms with Gasteiger partial charge in [0, 0.05) is 11.7 Å². The topological polar surface area (TPSA) is 89.4 Å². The molecule has 2 heterocycles. The number of para-hydroxylation sites is 1. The number of carbonyl (C=O) groups excluding carboxylic acids is 2. The Bertz CT molecular complexity index is 742. The van der Waals surface area contributed by atoms with E-state index in [9.17, 15) is 9.59 Å². The highest BCUT2D eigenvalue weighted by atomic mass is 16.5. The molecule has 8 heteroatoms. The monoisotopic (exact) mass is 315 g/mol. The normalized spacial score (nSPS) is 16.1. The molecule has 1 N–H and O–H groups in total. The Morgan fingerprint density at radius 2 is 2.17 bits per heavy atom. The van der Waals surface area contributed by atoms with Crippen LogP contribution in [0.1, 0.15) is 12.5 Å². The van der Waals surface area contributed by atoms with Crippen LogP contribution in [-0.2, 0) is 22.5 Å². The van der Waals surface area contributed by atoms with Gasteiger partial charge in [-0.3, -0.25) is 10.1 Å². The van der Waals surface area contributed by atoms with Crippen LogP contribution in [0.3, 0.4) is 0 Å². The highest BCUT2D eigenvalue weighted by molar-refractivity contribution is 5.96. The molecular formula is C15H17N5O3. The minimum atomic E-state index is -0.634. The lowest BCUT2D eigenvalue weighted by Gasteiger charge is -2.22. The van der Waals surface area contributed by atoms with Crippen molar-refractivity contribution in [3.8, 4) is 0 Å². The zero-order valence-electron chi connectivity index (χ0n) is 12.9. The van der Waals surface area contributed by atoms with Gasteiger partial charge in [-0.15, -0.1) is 5.10 Å². The lowest BCUT2D eigenvalue weighted by atomic mass is 10.1. The quantitative estimate of drug-likeness (QED) is 0.925. The summed E-state index contributed by atoms with van der Waals surface area (Å²) in [7, 11) is 1.26. The summed E-state index contributed by atoms with van der Waals surface area (Å²) in [6, 6.07) is 7.98. The number of hydrogen-bond acceptors (Lipinski definition) is 5. The fraction of sp³-hybridized carbons (Fsp3) is 0.333. The summed E-state index contributed by atoms with van der Waals surface area (Å²) >= 11 is 0. The number of benzene rings is 1. The molecule has 0 bridgehead atoms. The van der Waals surface area contributed by atoms with Crippen LogP contribution in [0, 0.1) is 0 Å². The molecule has 3 rings (SSSR count). The van der Waals surface area contributed by atoms with Gasteiger partial charge in [-0.25, -0.2) is 9.48 Å². The zero-order valence-corrected chi connectivity index (χ0v) is 12.9. The van der Waals surface area contributed by atoms with Gasteiger partial charge >= 0.3 is 6.09 Å². The molecular weight excluding hydrogens is 298 g/mol. The summed E-state index contributed by atoms with van der Waals surface area (Å²) in [6.45, 7) is 2.07. The first-order valence-electron chi connectivity index (χ1n) is 7.23. The Hall–Kier alpha value is -2.90. The molecule has 0 saturated carbocycles. The Balaban J connectivity index is 1.71. The Kier molecular flexibility index (Phi) is 3.96. The van der Waals surface area contributed by atoms with Crippen LogP contribution >= 0.6 is 0 Å². The lowest BCUT2D eigenvalue weighted by Crippen LogP contribution is -2.38. The summed E-state index contributed by atoms with van der Waals surface area (Å²) < 4.78 is 5.87.